The van der Waals surface area contributed by atoms with Crippen LogP contribution in [0.25, 0.3) is 5.57 Å². The minimum Gasteiger partial charge on any atom is -0.463 e. The SMILES string of the molecule is CCCCc1ncc(/C(C)=C/C(=O)OCC)n1Cc1ccccc1Cl. The van der Waals surface area contributed by atoms with E-state index in [1.165, 1.54) is 6.08 Å². The normalized spacial score (nSPS) is 11.6. The Hall–Kier alpha value is -2.07. The fourth-order valence-electron chi connectivity index (χ4n) is 2.67. The number of allylic oxidation sites excluding steroid dienone is 1. The minimum absolute atomic E-state index is 0.333. The van der Waals surface area contributed by atoms with Gasteiger partial charge >= 0.3 is 5.97 Å². The van der Waals surface area contributed by atoms with E-state index in [0.29, 0.717) is 13.2 Å². The minimum atomic E-state index is -0.333. The largest absolute Gasteiger partial charge is 0.463 e. The van der Waals surface area contributed by atoms with Crippen molar-refractivity contribution in [1.82, 2.24) is 9.55 Å². The van der Waals surface area contributed by atoms with Gasteiger partial charge in [-0.3, -0.25) is 0 Å². The maximum Gasteiger partial charge on any atom is 0.331 e. The summed E-state index contributed by atoms with van der Waals surface area (Å²) in [4.78, 5) is 16.4. The van der Waals surface area contributed by atoms with Crippen LogP contribution in [0.1, 0.15) is 50.7 Å². The van der Waals surface area contributed by atoms with Gasteiger partial charge in [-0.2, -0.15) is 0 Å². The number of imidazole rings is 1. The predicted molar refractivity (Wildman–Crippen MR) is 102 cm³/mol. The van der Waals surface area contributed by atoms with Gasteiger partial charge in [-0.25, -0.2) is 9.78 Å². The van der Waals surface area contributed by atoms with Crippen LogP contribution in [-0.4, -0.2) is 22.1 Å². The number of hydrogen-bond donors (Lipinski definition) is 0. The number of halogens is 1. The van der Waals surface area contributed by atoms with Gasteiger partial charge in [-0.15, -0.1) is 0 Å². The topological polar surface area (TPSA) is 44.1 Å². The number of aromatic nitrogens is 2. The number of hydrogen-bond acceptors (Lipinski definition) is 3. The van der Waals surface area contributed by atoms with Crippen molar-refractivity contribution in [2.45, 2.75) is 46.6 Å². The molecule has 0 N–H and O–H groups in total. The summed E-state index contributed by atoms with van der Waals surface area (Å²) in [6, 6.07) is 7.80. The molecule has 0 spiro atoms. The van der Waals surface area contributed by atoms with E-state index in [4.69, 9.17) is 16.3 Å². The molecule has 1 aromatic heterocycles. The molecule has 0 saturated heterocycles. The molecule has 1 aromatic carbocycles. The molecule has 2 aromatic rings. The van der Waals surface area contributed by atoms with Gasteiger partial charge in [-0.05, 0) is 37.5 Å². The second kappa shape index (κ2) is 9.42. The molecule has 0 bridgehead atoms. The summed E-state index contributed by atoms with van der Waals surface area (Å²) < 4.78 is 7.16. The Balaban J connectivity index is 2.38. The van der Waals surface area contributed by atoms with E-state index in [-0.39, 0.29) is 5.97 Å². The van der Waals surface area contributed by atoms with Gasteiger partial charge in [0.15, 0.2) is 0 Å². The summed E-state index contributed by atoms with van der Waals surface area (Å²) in [7, 11) is 0. The molecule has 0 aliphatic heterocycles. The zero-order chi connectivity index (χ0) is 18.2. The second-order valence-electron chi connectivity index (χ2n) is 5.92. The summed E-state index contributed by atoms with van der Waals surface area (Å²) in [6.07, 6.45) is 6.42. The Labute approximate surface area is 154 Å². The molecule has 0 saturated carbocycles. The lowest BCUT2D eigenvalue weighted by Crippen LogP contribution is -2.09. The fourth-order valence-corrected chi connectivity index (χ4v) is 2.87. The number of ether oxygens (including phenoxy) is 1. The first-order valence-corrected chi connectivity index (χ1v) is 9.07. The highest BCUT2D eigenvalue weighted by Crippen LogP contribution is 2.22. The molecule has 0 aliphatic rings. The Bertz CT molecular complexity index is 750. The van der Waals surface area contributed by atoms with E-state index >= 15 is 0 Å². The van der Waals surface area contributed by atoms with Crippen LogP contribution in [0.15, 0.2) is 36.5 Å². The van der Waals surface area contributed by atoms with E-state index in [2.05, 4.69) is 16.5 Å². The summed E-state index contributed by atoms with van der Waals surface area (Å²) in [5.41, 5.74) is 2.78. The molecule has 4 nitrogen and oxygen atoms in total. The molecule has 0 radical (unpaired) electrons. The van der Waals surface area contributed by atoms with Crippen LogP contribution in [0.2, 0.25) is 5.02 Å². The number of carbonyl (C=O) groups excluding carboxylic acids is 1. The van der Waals surface area contributed by atoms with Crippen molar-refractivity contribution in [3.63, 3.8) is 0 Å². The molecule has 0 fully saturated rings. The van der Waals surface area contributed by atoms with Crippen LogP contribution in [0.5, 0.6) is 0 Å². The molecule has 0 amide bonds. The third kappa shape index (κ3) is 5.20. The van der Waals surface area contributed by atoms with Gasteiger partial charge in [0.1, 0.15) is 5.82 Å². The van der Waals surface area contributed by atoms with Crippen LogP contribution in [0.3, 0.4) is 0 Å². The highest BCUT2D eigenvalue weighted by Gasteiger charge is 2.14. The van der Waals surface area contributed by atoms with E-state index in [0.717, 1.165) is 46.9 Å². The Morgan fingerprint density at radius 1 is 1.32 bits per heavy atom. The van der Waals surface area contributed by atoms with Crippen molar-refractivity contribution in [2.75, 3.05) is 6.61 Å². The van der Waals surface area contributed by atoms with Gasteiger partial charge in [0, 0.05) is 17.5 Å². The fraction of sp³-hybridized carbons (Fsp3) is 0.400. The maximum absolute atomic E-state index is 11.8. The molecule has 0 unspecified atom stereocenters. The quantitative estimate of drug-likeness (QED) is 0.497. The first-order chi connectivity index (χ1) is 12.1. The van der Waals surface area contributed by atoms with E-state index in [9.17, 15) is 4.79 Å². The van der Waals surface area contributed by atoms with Crippen molar-refractivity contribution < 1.29 is 9.53 Å². The maximum atomic E-state index is 11.8. The van der Waals surface area contributed by atoms with E-state index in [1.807, 2.05) is 37.4 Å². The number of unbranched alkanes of at least 4 members (excludes halogenated alkanes) is 1. The Kier molecular flexibility index (Phi) is 7.26. The van der Waals surface area contributed by atoms with Crippen LogP contribution in [-0.2, 0) is 22.5 Å². The van der Waals surface area contributed by atoms with Crippen LogP contribution in [0.4, 0.5) is 0 Å². The highest BCUT2D eigenvalue weighted by atomic mass is 35.5. The van der Waals surface area contributed by atoms with E-state index < -0.39 is 0 Å². The summed E-state index contributed by atoms with van der Waals surface area (Å²) >= 11 is 6.33. The number of benzene rings is 1. The number of carbonyl (C=O) groups is 1. The second-order valence-corrected chi connectivity index (χ2v) is 6.33. The van der Waals surface area contributed by atoms with Gasteiger partial charge < -0.3 is 9.30 Å². The molecular formula is C20H25ClN2O2. The lowest BCUT2D eigenvalue weighted by atomic mass is 10.1. The van der Waals surface area contributed by atoms with Crippen LogP contribution < -0.4 is 0 Å². The summed E-state index contributed by atoms with van der Waals surface area (Å²) in [5.74, 6) is 0.675. The molecule has 0 atom stereocenters. The molecular weight excluding hydrogens is 336 g/mol. The van der Waals surface area contributed by atoms with Crippen LogP contribution in [0, 0.1) is 0 Å². The number of aryl methyl sites for hydroxylation is 1. The monoisotopic (exact) mass is 360 g/mol. The molecule has 134 valence electrons. The number of nitrogens with zero attached hydrogens (tertiary/aromatic N) is 2. The Morgan fingerprint density at radius 3 is 2.76 bits per heavy atom. The summed E-state index contributed by atoms with van der Waals surface area (Å²) in [5, 5.41) is 0.732. The zero-order valence-electron chi connectivity index (χ0n) is 15.1. The zero-order valence-corrected chi connectivity index (χ0v) is 15.8. The standard InChI is InChI=1S/C20H25ClN2O2/c1-4-6-11-19-22-13-18(15(3)12-20(24)25-5-2)23(19)14-16-9-7-8-10-17(16)21/h7-10,12-13H,4-6,11,14H2,1-3H3/b15-12+. The lowest BCUT2D eigenvalue weighted by molar-refractivity contribution is -0.137. The number of rotatable bonds is 8. The van der Waals surface area contributed by atoms with Crippen molar-refractivity contribution in [2.24, 2.45) is 0 Å². The third-order valence-electron chi connectivity index (χ3n) is 4.00. The molecule has 25 heavy (non-hydrogen) atoms. The van der Waals surface area contributed by atoms with E-state index in [1.54, 1.807) is 6.92 Å². The number of esters is 1. The van der Waals surface area contributed by atoms with Crippen molar-refractivity contribution in [3.05, 3.63) is 58.6 Å². The molecule has 2 rings (SSSR count). The first kappa shape index (κ1) is 19.3. The van der Waals surface area contributed by atoms with Gasteiger partial charge in [0.05, 0.1) is 25.0 Å². The van der Waals surface area contributed by atoms with Gasteiger partial charge in [0.2, 0.25) is 0 Å². The Morgan fingerprint density at radius 2 is 2.08 bits per heavy atom. The van der Waals surface area contributed by atoms with Crippen LogP contribution >= 0.6 is 11.6 Å². The third-order valence-corrected chi connectivity index (χ3v) is 4.37. The lowest BCUT2D eigenvalue weighted by Gasteiger charge is -2.13. The van der Waals surface area contributed by atoms with Gasteiger partial charge in [-0.1, -0.05) is 43.1 Å². The highest BCUT2D eigenvalue weighted by molar-refractivity contribution is 6.31. The molecule has 5 heteroatoms. The molecule has 0 aliphatic carbocycles. The van der Waals surface area contributed by atoms with Gasteiger partial charge in [0.25, 0.3) is 0 Å². The molecule has 1 heterocycles. The first-order valence-electron chi connectivity index (χ1n) is 8.70. The van der Waals surface area contributed by atoms with Crippen molar-refractivity contribution in [3.8, 4) is 0 Å². The average Bonchev–Trinajstić information content (AvgIpc) is 2.98. The average molecular weight is 361 g/mol. The predicted octanol–water partition coefficient (Wildman–Crippen LogP) is 4.89. The van der Waals surface area contributed by atoms with Crippen molar-refractivity contribution in [1.29, 1.82) is 0 Å². The summed E-state index contributed by atoms with van der Waals surface area (Å²) in [6.45, 7) is 6.85. The van der Waals surface area contributed by atoms with Crippen molar-refractivity contribution >= 4 is 23.1 Å². The smallest absolute Gasteiger partial charge is 0.331 e.